The lowest BCUT2D eigenvalue weighted by Crippen LogP contribution is -2.11. The minimum absolute atomic E-state index is 0.0881. The first-order chi connectivity index (χ1) is 9.87. The van der Waals surface area contributed by atoms with Crippen LogP contribution < -0.4 is 0 Å². The molecule has 2 aromatic carbocycles. The Morgan fingerprint density at radius 1 is 1.10 bits per heavy atom. The maximum absolute atomic E-state index is 12.6. The Labute approximate surface area is 133 Å². The molecule has 0 amide bonds. The predicted molar refractivity (Wildman–Crippen MR) is 84.2 cm³/mol. The molecule has 108 valence electrons. The van der Waals surface area contributed by atoms with Crippen LogP contribution in [0.15, 0.2) is 47.4 Å². The Balaban J connectivity index is 2.58. The monoisotopic (exact) mass is 339 g/mol. The van der Waals surface area contributed by atoms with E-state index >= 15 is 0 Å². The van der Waals surface area contributed by atoms with Gasteiger partial charge in [-0.1, -0.05) is 47.0 Å². The van der Waals surface area contributed by atoms with E-state index in [1.165, 1.54) is 18.2 Å². The van der Waals surface area contributed by atoms with E-state index in [4.69, 9.17) is 29.8 Å². The molecule has 2 rings (SSSR count). The zero-order valence-electron chi connectivity index (χ0n) is 11.0. The molecule has 0 unspecified atom stereocenters. The maximum Gasteiger partial charge on any atom is 0.351 e. The Bertz CT molecular complexity index is 809. The highest BCUT2D eigenvalue weighted by atomic mass is 35.5. The van der Waals surface area contributed by atoms with Crippen molar-refractivity contribution in [1.82, 2.24) is 0 Å². The molecule has 0 aromatic heterocycles. The number of hydrogen-bond donors (Lipinski definition) is 0. The van der Waals surface area contributed by atoms with Crippen LogP contribution in [0.1, 0.15) is 16.5 Å². The fourth-order valence-electron chi connectivity index (χ4n) is 1.87. The van der Waals surface area contributed by atoms with Gasteiger partial charge in [0.2, 0.25) is 0 Å². The van der Waals surface area contributed by atoms with Crippen molar-refractivity contribution in [3.8, 4) is 0 Å². The molecule has 0 radical (unpaired) electrons. The second kappa shape index (κ2) is 6.07. The third kappa shape index (κ3) is 3.06. The van der Waals surface area contributed by atoms with E-state index in [0.29, 0.717) is 0 Å². The molecule has 0 heterocycles. The first-order valence-corrected chi connectivity index (χ1v) is 8.29. The number of rotatable bonds is 3. The van der Waals surface area contributed by atoms with Gasteiger partial charge >= 0.3 is 5.37 Å². The van der Waals surface area contributed by atoms with Crippen molar-refractivity contribution in [3.63, 3.8) is 0 Å². The van der Waals surface area contributed by atoms with Crippen molar-refractivity contribution >= 4 is 33.0 Å². The molecule has 1 atom stereocenters. The van der Waals surface area contributed by atoms with Gasteiger partial charge in [0.1, 0.15) is 0 Å². The molecule has 0 aliphatic carbocycles. The van der Waals surface area contributed by atoms with Crippen LogP contribution in [0.5, 0.6) is 0 Å². The normalized spacial score (nSPS) is 12.7. The van der Waals surface area contributed by atoms with E-state index in [-0.39, 0.29) is 20.5 Å². The Hall–Kier alpha value is -1.54. The molecule has 6 heteroatoms. The Morgan fingerprint density at radius 2 is 1.71 bits per heavy atom. The highest BCUT2D eigenvalue weighted by Gasteiger charge is 2.36. The van der Waals surface area contributed by atoms with Gasteiger partial charge in [-0.05, 0) is 31.2 Å². The molecule has 21 heavy (non-hydrogen) atoms. The van der Waals surface area contributed by atoms with Crippen LogP contribution in [0.3, 0.4) is 0 Å². The van der Waals surface area contributed by atoms with Crippen LogP contribution in [-0.4, -0.2) is 8.42 Å². The van der Waals surface area contributed by atoms with Gasteiger partial charge in [-0.2, -0.15) is 0 Å². The summed E-state index contributed by atoms with van der Waals surface area (Å²) in [6, 6.07) is 11.0. The quantitative estimate of drug-likeness (QED) is 0.760. The standard InChI is InChI=1S/C15H11Cl2NO2S/c1-10-6-8-11(9-7-10)21(19,20)15(18-2)12-4-3-5-13(16)14(12)17/h3-9,15H,1H3/t15-/m1/s1. The van der Waals surface area contributed by atoms with Gasteiger partial charge in [0.25, 0.3) is 9.84 Å². The topological polar surface area (TPSA) is 38.5 Å². The molecule has 0 fully saturated rings. The highest BCUT2D eigenvalue weighted by molar-refractivity contribution is 7.91. The summed E-state index contributed by atoms with van der Waals surface area (Å²) in [6.45, 7) is 9.11. The summed E-state index contributed by atoms with van der Waals surface area (Å²) >= 11 is 11.9. The van der Waals surface area contributed by atoms with E-state index in [1.807, 2.05) is 6.92 Å². The molecule has 2 aromatic rings. The summed E-state index contributed by atoms with van der Waals surface area (Å²) in [5, 5.41) is -1.09. The molecule has 0 N–H and O–H groups in total. The Morgan fingerprint density at radius 3 is 2.29 bits per heavy atom. The fraction of sp³-hybridized carbons (Fsp3) is 0.133. The largest absolute Gasteiger partial charge is 0.351 e. The number of hydrogen-bond acceptors (Lipinski definition) is 2. The van der Waals surface area contributed by atoms with Gasteiger partial charge in [0.15, 0.2) is 0 Å². The summed E-state index contributed by atoms with van der Waals surface area (Å²) in [4.78, 5) is 3.34. The molecule has 0 aliphatic rings. The SMILES string of the molecule is [C-]#[N+][C@@H](c1cccc(Cl)c1Cl)S(=O)(=O)c1ccc(C)cc1. The second-order valence-corrected chi connectivity index (χ2v) is 7.28. The summed E-state index contributed by atoms with van der Waals surface area (Å²) in [5.74, 6) is 0. The minimum atomic E-state index is -3.86. The zero-order chi connectivity index (χ0) is 15.6. The highest BCUT2D eigenvalue weighted by Crippen LogP contribution is 2.37. The average molecular weight is 340 g/mol. The maximum atomic E-state index is 12.6. The summed E-state index contributed by atoms with van der Waals surface area (Å²) in [5.41, 5.74) is 1.13. The smallest absolute Gasteiger partial charge is 0.291 e. The van der Waals surface area contributed by atoms with Gasteiger partial charge in [-0.15, -0.1) is 0 Å². The number of nitrogens with zero attached hydrogens (tertiary/aromatic N) is 1. The summed E-state index contributed by atoms with van der Waals surface area (Å²) < 4.78 is 25.2. The summed E-state index contributed by atoms with van der Waals surface area (Å²) in [6.07, 6.45) is 0. The van der Waals surface area contributed by atoms with E-state index in [0.717, 1.165) is 5.56 Å². The summed E-state index contributed by atoms with van der Waals surface area (Å²) in [7, 11) is -3.86. The van der Waals surface area contributed by atoms with E-state index in [1.54, 1.807) is 24.3 Å². The average Bonchev–Trinajstić information content (AvgIpc) is 2.44. The van der Waals surface area contributed by atoms with Crippen molar-refractivity contribution in [3.05, 3.63) is 75.1 Å². The number of benzene rings is 2. The van der Waals surface area contributed by atoms with Gasteiger partial charge in [0.05, 0.1) is 20.5 Å². The van der Waals surface area contributed by atoms with Crippen molar-refractivity contribution in [2.75, 3.05) is 0 Å². The van der Waals surface area contributed by atoms with Crippen LogP contribution in [0.4, 0.5) is 0 Å². The van der Waals surface area contributed by atoms with Crippen LogP contribution in [0.25, 0.3) is 4.85 Å². The number of sulfone groups is 1. The lowest BCUT2D eigenvalue weighted by molar-refractivity contribution is 0.590. The van der Waals surface area contributed by atoms with Gasteiger partial charge in [0, 0.05) is 0 Å². The zero-order valence-corrected chi connectivity index (χ0v) is 13.4. The molecular formula is C15H11Cl2NO2S. The van der Waals surface area contributed by atoms with Crippen LogP contribution in [0, 0.1) is 13.5 Å². The predicted octanol–water partition coefficient (Wildman–Crippen LogP) is 4.69. The van der Waals surface area contributed by atoms with Crippen molar-refractivity contribution < 1.29 is 8.42 Å². The minimum Gasteiger partial charge on any atom is -0.291 e. The molecule has 0 saturated heterocycles. The van der Waals surface area contributed by atoms with Crippen LogP contribution >= 0.6 is 23.2 Å². The van der Waals surface area contributed by atoms with Gasteiger partial charge in [-0.3, -0.25) is 4.85 Å². The molecule has 0 saturated carbocycles. The van der Waals surface area contributed by atoms with Gasteiger partial charge in [-0.25, -0.2) is 15.0 Å². The van der Waals surface area contributed by atoms with Crippen molar-refractivity contribution in [1.29, 1.82) is 0 Å². The first kappa shape index (κ1) is 15.8. The van der Waals surface area contributed by atoms with Gasteiger partial charge < -0.3 is 0 Å². The second-order valence-electron chi connectivity index (χ2n) is 4.48. The van der Waals surface area contributed by atoms with E-state index in [2.05, 4.69) is 4.85 Å². The molecule has 0 spiro atoms. The van der Waals surface area contributed by atoms with E-state index < -0.39 is 15.2 Å². The number of aryl methyl sites for hydroxylation is 1. The fourth-order valence-corrected chi connectivity index (χ4v) is 3.79. The third-order valence-electron chi connectivity index (χ3n) is 3.01. The lowest BCUT2D eigenvalue weighted by atomic mass is 10.2. The molecule has 3 nitrogen and oxygen atoms in total. The number of halogens is 2. The first-order valence-electron chi connectivity index (χ1n) is 5.99. The van der Waals surface area contributed by atoms with Crippen LogP contribution in [-0.2, 0) is 9.84 Å². The van der Waals surface area contributed by atoms with Crippen LogP contribution in [0.2, 0.25) is 10.0 Å². The van der Waals surface area contributed by atoms with Crippen molar-refractivity contribution in [2.24, 2.45) is 0 Å². The van der Waals surface area contributed by atoms with Crippen molar-refractivity contribution in [2.45, 2.75) is 17.2 Å². The Kier molecular flexibility index (Phi) is 4.58. The van der Waals surface area contributed by atoms with E-state index in [9.17, 15) is 8.42 Å². The molecule has 0 aliphatic heterocycles. The molecular weight excluding hydrogens is 329 g/mol. The molecule has 0 bridgehead atoms. The lowest BCUT2D eigenvalue weighted by Gasteiger charge is -2.10. The third-order valence-corrected chi connectivity index (χ3v) is 5.72.